The molecule has 0 saturated heterocycles. The maximum Gasteiger partial charge on any atom is 0.319 e. The van der Waals surface area contributed by atoms with Crippen LogP contribution in [0.4, 0.5) is 10.5 Å². The zero-order chi connectivity index (χ0) is 16.8. The molecule has 3 rings (SSSR count). The molecule has 1 aromatic heterocycles. The Hall–Kier alpha value is -3.59. The highest BCUT2D eigenvalue weighted by atomic mass is 16.2. The Bertz CT molecular complexity index is 863. The van der Waals surface area contributed by atoms with Crippen molar-refractivity contribution in [3.63, 3.8) is 0 Å². The van der Waals surface area contributed by atoms with E-state index in [1.807, 2.05) is 41.1 Å². The Morgan fingerprint density at radius 2 is 1.96 bits per heavy atom. The predicted molar refractivity (Wildman–Crippen MR) is 90.6 cm³/mol. The number of para-hydroxylation sites is 1. The van der Waals surface area contributed by atoms with E-state index in [1.165, 1.54) is 0 Å². The molecule has 24 heavy (non-hydrogen) atoms. The van der Waals surface area contributed by atoms with Crippen LogP contribution >= 0.6 is 0 Å². The zero-order valence-electron chi connectivity index (χ0n) is 12.8. The van der Waals surface area contributed by atoms with Crippen molar-refractivity contribution in [2.45, 2.75) is 6.54 Å². The number of hydrogen-bond acceptors (Lipinski definition) is 3. The fourth-order valence-electron chi connectivity index (χ4n) is 2.24. The van der Waals surface area contributed by atoms with Gasteiger partial charge in [0.25, 0.3) is 0 Å². The first-order valence-electron chi connectivity index (χ1n) is 7.37. The first-order valence-corrected chi connectivity index (χ1v) is 7.37. The number of urea groups is 1. The highest BCUT2D eigenvalue weighted by Crippen LogP contribution is 2.13. The fraction of sp³-hybridized carbons (Fsp3) is 0.0556. The zero-order valence-corrected chi connectivity index (χ0v) is 12.8. The molecular weight excluding hydrogens is 302 g/mol. The molecule has 0 aliphatic heterocycles. The summed E-state index contributed by atoms with van der Waals surface area (Å²) in [6.45, 7) is 0.394. The summed E-state index contributed by atoms with van der Waals surface area (Å²) >= 11 is 0. The molecule has 2 aromatic carbocycles. The molecular formula is C18H15N5O. The second-order valence-corrected chi connectivity index (χ2v) is 5.10. The summed E-state index contributed by atoms with van der Waals surface area (Å²) in [5, 5.41) is 14.5. The van der Waals surface area contributed by atoms with Crippen molar-refractivity contribution >= 4 is 11.7 Å². The molecule has 0 aliphatic carbocycles. The number of rotatable bonds is 4. The standard InChI is InChI=1S/C18H15N5O/c19-11-15-3-1-2-4-17(15)22-18(24)21-12-14-5-7-16(8-6-14)23-10-9-20-13-23/h1-10,13H,12H2,(H2,21,22,24). The number of amides is 2. The highest BCUT2D eigenvalue weighted by molar-refractivity contribution is 5.90. The van der Waals surface area contributed by atoms with Gasteiger partial charge in [0.05, 0.1) is 17.6 Å². The second-order valence-electron chi connectivity index (χ2n) is 5.10. The molecule has 0 aliphatic rings. The third kappa shape index (κ3) is 3.59. The molecule has 2 N–H and O–H groups in total. The van der Waals surface area contributed by atoms with Crippen LogP contribution < -0.4 is 10.6 Å². The number of carbonyl (C=O) groups excluding carboxylic acids is 1. The van der Waals surface area contributed by atoms with Gasteiger partial charge in [0.1, 0.15) is 6.07 Å². The van der Waals surface area contributed by atoms with Crippen LogP contribution in [0, 0.1) is 11.3 Å². The van der Waals surface area contributed by atoms with Crippen LogP contribution in [0.25, 0.3) is 5.69 Å². The average Bonchev–Trinajstić information content (AvgIpc) is 3.15. The summed E-state index contributed by atoms with van der Waals surface area (Å²) in [6.07, 6.45) is 5.32. The molecule has 3 aromatic rings. The molecule has 0 saturated carbocycles. The molecule has 0 unspecified atom stereocenters. The minimum Gasteiger partial charge on any atom is -0.334 e. The molecule has 118 valence electrons. The third-order valence-electron chi connectivity index (χ3n) is 3.49. The van der Waals surface area contributed by atoms with Crippen LogP contribution in [0.3, 0.4) is 0 Å². The lowest BCUT2D eigenvalue weighted by atomic mass is 10.2. The Labute approximate surface area is 139 Å². The van der Waals surface area contributed by atoms with Crippen molar-refractivity contribution in [1.29, 1.82) is 5.26 Å². The summed E-state index contributed by atoms with van der Waals surface area (Å²) in [4.78, 5) is 16.0. The van der Waals surface area contributed by atoms with E-state index in [0.717, 1.165) is 11.3 Å². The Balaban J connectivity index is 1.57. The van der Waals surface area contributed by atoms with E-state index in [9.17, 15) is 4.79 Å². The summed E-state index contributed by atoms with van der Waals surface area (Å²) in [5.41, 5.74) is 2.90. The molecule has 0 bridgehead atoms. The monoisotopic (exact) mass is 317 g/mol. The van der Waals surface area contributed by atoms with Crippen LogP contribution in [0.15, 0.2) is 67.3 Å². The number of imidazole rings is 1. The Kier molecular flexibility index (Phi) is 4.54. The van der Waals surface area contributed by atoms with E-state index in [4.69, 9.17) is 5.26 Å². The third-order valence-corrected chi connectivity index (χ3v) is 3.49. The quantitative estimate of drug-likeness (QED) is 0.776. The SMILES string of the molecule is N#Cc1ccccc1NC(=O)NCc1ccc(-n2ccnc2)cc1. The molecule has 6 heteroatoms. The summed E-state index contributed by atoms with van der Waals surface area (Å²) in [6, 6.07) is 16.4. The average molecular weight is 317 g/mol. The van der Waals surface area contributed by atoms with Gasteiger partial charge < -0.3 is 15.2 Å². The van der Waals surface area contributed by atoms with E-state index in [1.54, 1.807) is 36.8 Å². The fourth-order valence-corrected chi connectivity index (χ4v) is 2.24. The van der Waals surface area contributed by atoms with Crippen LogP contribution in [-0.2, 0) is 6.54 Å². The number of anilines is 1. The Morgan fingerprint density at radius 1 is 1.17 bits per heavy atom. The number of benzene rings is 2. The number of carbonyl (C=O) groups is 1. The van der Waals surface area contributed by atoms with Crippen molar-refractivity contribution < 1.29 is 4.79 Å². The van der Waals surface area contributed by atoms with Gasteiger partial charge in [0, 0.05) is 24.6 Å². The van der Waals surface area contributed by atoms with Crippen molar-refractivity contribution in [3.8, 4) is 11.8 Å². The normalized spacial score (nSPS) is 9.96. The summed E-state index contributed by atoms with van der Waals surface area (Å²) in [5.74, 6) is 0. The van der Waals surface area contributed by atoms with E-state index < -0.39 is 0 Å². The van der Waals surface area contributed by atoms with Gasteiger partial charge in [0.2, 0.25) is 0 Å². The predicted octanol–water partition coefficient (Wildman–Crippen LogP) is 3.07. The molecule has 0 fully saturated rings. The number of hydrogen-bond donors (Lipinski definition) is 2. The number of nitrogens with one attached hydrogen (secondary N) is 2. The molecule has 1 heterocycles. The van der Waals surface area contributed by atoms with Crippen molar-refractivity contribution in [2.75, 3.05) is 5.32 Å². The Morgan fingerprint density at radius 3 is 2.67 bits per heavy atom. The topological polar surface area (TPSA) is 82.7 Å². The molecule has 0 atom stereocenters. The van der Waals surface area contributed by atoms with E-state index in [0.29, 0.717) is 17.8 Å². The second kappa shape index (κ2) is 7.11. The molecule has 2 amide bonds. The number of nitriles is 1. The van der Waals surface area contributed by atoms with E-state index >= 15 is 0 Å². The van der Waals surface area contributed by atoms with Gasteiger partial charge >= 0.3 is 6.03 Å². The van der Waals surface area contributed by atoms with Gasteiger partial charge in [-0.3, -0.25) is 0 Å². The maximum atomic E-state index is 12.0. The van der Waals surface area contributed by atoms with Crippen LogP contribution in [0.1, 0.15) is 11.1 Å². The van der Waals surface area contributed by atoms with Gasteiger partial charge in [-0.2, -0.15) is 5.26 Å². The van der Waals surface area contributed by atoms with Crippen molar-refractivity contribution in [1.82, 2.24) is 14.9 Å². The molecule has 6 nitrogen and oxygen atoms in total. The summed E-state index contributed by atoms with van der Waals surface area (Å²) in [7, 11) is 0. The molecule has 0 radical (unpaired) electrons. The van der Waals surface area contributed by atoms with Crippen molar-refractivity contribution in [3.05, 3.63) is 78.4 Å². The first-order chi connectivity index (χ1) is 11.8. The van der Waals surface area contributed by atoms with Crippen LogP contribution in [0.5, 0.6) is 0 Å². The number of aromatic nitrogens is 2. The lowest BCUT2D eigenvalue weighted by Gasteiger charge is -2.09. The minimum absolute atomic E-state index is 0.351. The lowest BCUT2D eigenvalue weighted by Crippen LogP contribution is -2.28. The van der Waals surface area contributed by atoms with Crippen LogP contribution in [-0.4, -0.2) is 15.6 Å². The van der Waals surface area contributed by atoms with Crippen molar-refractivity contribution in [2.24, 2.45) is 0 Å². The van der Waals surface area contributed by atoms with Crippen LogP contribution in [0.2, 0.25) is 0 Å². The lowest BCUT2D eigenvalue weighted by molar-refractivity contribution is 0.251. The van der Waals surface area contributed by atoms with Gasteiger partial charge in [-0.1, -0.05) is 24.3 Å². The molecule has 0 spiro atoms. The summed E-state index contributed by atoms with van der Waals surface area (Å²) < 4.78 is 1.91. The van der Waals surface area contributed by atoms with Gasteiger partial charge in [-0.25, -0.2) is 9.78 Å². The van der Waals surface area contributed by atoms with Gasteiger partial charge in [-0.05, 0) is 29.8 Å². The van der Waals surface area contributed by atoms with E-state index in [-0.39, 0.29) is 6.03 Å². The van der Waals surface area contributed by atoms with E-state index in [2.05, 4.69) is 15.6 Å². The van der Waals surface area contributed by atoms with Gasteiger partial charge in [-0.15, -0.1) is 0 Å². The maximum absolute atomic E-state index is 12.0. The number of nitrogens with zero attached hydrogens (tertiary/aromatic N) is 3. The smallest absolute Gasteiger partial charge is 0.319 e. The minimum atomic E-state index is -0.351. The van der Waals surface area contributed by atoms with Gasteiger partial charge in [0.15, 0.2) is 0 Å². The first kappa shape index (κ1) is 15.3. The largest absolute Gasteiger partial charge is 0.334 e. The highest BCUT2D eigenvalue weighted by Gasteiger charge is 2.05.